The fourth-order valence-electron chi connectivity index (χ4n) is 2.59. The van der Waals surface area contributed by atoms with Crippen molar-refractivity contribution in [2.24, 2.45) is 4.40 Å². The Morgan fingerprint density at radius 3 is 2.14 bits per heavy atom. The van der Waals surface area contributed by atoms with Gasteiger partial charge in [-0.1, -0.05) is 54.6 Å². The fraction of sp³-hybridized carbons (Fsp3) is 0.0500. The molecule has 0 aromatic heterocycles. The van der Waals surface area contributed by atoms with Gasteiger partial charge in [-0.15, -0.1) is 4.40 Å². The van der Waals surface area contributed by atoms with E-state index in [1.165, 1.54) is 35.2 Å². The largest absolute Gasteiger partial charge is 0.328 e. The molecule has 0 bridgehead atoms. The van der Waals surface area contributed by atoms with Gasteiger partial charge in [0.25, 0.3) is 15.7 Å². The number of benzene rings is 3. The molecule has 0 aliphatic heterocycles. The maximum atomic E-state index is 12.8. The molecule has 8 heteroatoms. The minimum absolute atomic E-state index is 0.0656. The average Bonchev–Trinajstić information content (AvgIpc) is 2.73. The molecule has 0 amide bonds. The molecule has 0 radical (unpaired) electrons. The van der Waals surface area contributed by atoms with Crippen LogP contribution in [0.5, 0.6) is 0 Å². The first kappa shape index (κ1) is 19.2. The van der Waals surface area contributed by atoms with Crippen molar-refractivity contribution in [3.05, 3.63) is 101 Å². The van der Waals surface area contributed by atoms with Gasteiger partial charge in [0.15, 0.2) is 5.84 Å². The van der Waals surface area contributed by atoms with Gasteiger partial charge < -0.3 is 4.90 Å². The van der Waals surface area contributed by atoms with Crippen molar-refractivity contribution in [1.82, 2.24) is 0 Å². The van der Waals surface area contributed by atoms with Crippen LogP contribution in [0.4, 0.5) is 11.4 Å². The van der Waals surface area contributed by atoms with Gasteiger partial charge >= 0.3 is 0 Å². The Kier molecular flexibility index (Phi) is 5.51. The first-order valence-electron chi connectivity index (χ1n) is 8.32. The van der Waals surface area contributed by atoms with E-state index >= 15 is 0 Å². The van der Waals surface area contributed by atoms with Crippen molar-refractivity contribution in [2.75, 3.05) is 11.9 Å². The quantitative estimate of drug-likeness (QED) is 0.283. The first-order chi connectivity index (χ1) is 13.4. The smallest absolute Gasteiger partial charge is 0.284 e. The van der Waals surface area contributed by atoms with Crippen LogP contribution in [0.15, 0.2) is 94.2 Å². The van der Waals surface area contributed by atoms with E-state index in [2.05, 4.69) is 4.40 Å². The monoisotopic (exact) mass is 395 g/mol. The number of nitrogens with zero attached hydrogens (tertiary/aromatic N) is 3. The minimum Gasteiger partial charge on any atom is -0.328 e. The fourth-order valence-corrected chi connectivity index (χ4v) is 3.65. The molecule has 0 atom stereocenters. The summed E-state index contributed by atoms with van der Waals surface area (Å²) in [5, 5.41) is 11.1. The predicted molar refractivity (Wildman–Crippen MR) is 108 cm³/mol. The molecular weight excluding hydrogens is 378 g/mol. The average molecular weight is 395 g/mol. The number of rotatable bonds is 5. The van der Waals surface area contributed by atoms with E-state index in [0.717, 1.165) is 0 Å². The molecule has 0 spiro atoms. The van der Waals surface area contributed by atoms with E-state index in [9.17, 15) is 18.5 Å². The van der Waals surface area contributed by atoms with E-state index in [1.54, 1.807) is 61.6 Å². The van der Waals surface area contributed by atoms with Crippen LogP contribution in [0.1, 0.15) is 5.56 Å². The van der Waals surface area contributed by atoms with Crippen molar-refractivity contribution >= 4 is 27.2 Å². The van der Waals surface area contributed by atoms with E-state index in [1.807, 2.05) is 0 Å². The highest BCUT2D eigenvalue weighted by molar-refractivity contribution is 7.90. The van der Waals surface area contributed by atoms with Gasteiger partial charge in [0, 0.05) is 30.4 Å². The molecule has 7 nitrogen and oxygen atoms in total. The Morgan fingerprint density at radius 2 is 1.54 bits per heavy atom. The minimum atomic E-state index is -3.97. The van der Waals surface area contributed by atoms with Crippen molar-refractivity contribution in [3.8, 4) is 0 Å². The Morgan fingerprint density at radius 1 is 0.929 bits per heavy atom. The summed E-state index contributed by atoms with van der Waals surface area (Å²) in [6, 6.07) is 22.6. The van der Waals surface area contributed by atoms with Crippen LogP contribution in [0.3, 0.4) is 0 Å². The Hall–Kier alpha value is -3.52. The maximum absolute atomic E-state index is 12.8. The van der Waals surface area contributed by atoms with Crippen LogP contribution in [0.2, 0.25) is 0 Å². The molecule has 0 fully saturated rings. The summed E-state index contributed by atoms with van der Waals surface area (Å²) in [7, 11) is -2.36. The summed E-state index contributed by atoms with van der Waals surface area (Å²) < 4.78 is 29.7. The van der Waals surface area contributed by atoms with Gasteiger partial charge in [-0.25, -0.2) is 0 Å². The predicted octanol–water partition coefficient (Wildman–Crippen LogP) is 3.87. The molecule has 0 N–H and O–H groups in total. The zero-order chi connectivity index (χ0) is 20.1. The molecule has 0 aliphatic carbocycles. The van der Waals surface area contributed by atoms with Crippen LogP contribution in [0.25, 0.3) is 0 Å². The van der Waals surface area contributed by atoms with E-state index in [-0.39, 0.29) is 16.4 Å². The second-order valence-corrected chi connectivity index (χ2v) is 7.51. The lowest BCUT2D eigenvalue weighted by atomic mass is 10.2. The van der Waals surface area contributed by atoms with Crippen LogP contribution in [0, 0.1) is 10.1 Å². The molecule has 3 aromatic rings. The van der Waals surface area contributed by atoms with Crippen LogP contribution >= 0.6 is 0 Å². The van der Waals surface area contributed by atoms with Gasteiger partial charge in [0.1, 0.15) is 0 Å². The third-order valence-corrected chi connectivity index (χ3v) is 5.31. The first-order valence-corrected chi connectivity index (χ1v) is 9.76. The highest BCUT2D eigenvalue weighted by Crippen LogP contribution is 2.23. The number of sulfonamides is 1. The van der Waals surface area contributed by atoms with Gasteiger partial charge in [-0.3, -0.25) is 10.1 Å². The molecule has 0 saturated heterocycles. The SMILES string of the molecule is CN(/C(=N\S(=O)(=O)c1ccccc1)c1ccccc1)c1cccc([N+](=O)[O-])c1. The lowest BCUT2D eigenvalue weighted by molar-refractivity contribution is -0.384. The number of nitro benzene ring substituents is 1. The number of non-ortho nitro benzene ring substituents is 1. The zero-order valence-corrected chi connectivity index (χ0v) is 15.8. The van der Waals surface area contributed by atoms with Gasteiger partial charge in [0.05, 0.1) is 9.82 Å². The van der Waals surface area contributed by atoms with E-state index < -0.39 is 14.9 Å². The highest BCUT2D eigenvalue weighted by atomic mass is 32.2. The Balaban J connectivity index is 2.13. The number of hydrogen-bond acceptors (Lipinski definition) is 4. The Labute approximate surface area is 162 Å². The summed E-state index contributed by atoms with van der Waals surface area (Å²) in [6.45, 7) is 0. The molecule has 0 aliphatic rings. The third-order valence-electron chi connectivity index (χ3n) is 4.03. The number of amidine groups is 1. The van der Waals surface area contributed by atoms with E-state index in [4.69, 9.17) is 0 Å². The topological polar surface area (TPSA) is 92.9 Å². The number of nitro groups is 1. The Bertz CT molecular complexity index is 1110. The molecule has 142 valence electrons. The van der Waals surface area contributed by atoms with E-state index in [0.29, 0.717) is 11.3 Å². The van der Waals surface area contributed by atoms with Gasteiger partial charge in [-0.05, 0) is 18.2 Å². The molecule has 3 aromatic carbocycles. The molecule has 28 heavy (non-hydrogen) atoms. The van der Waals surface area contributed by atoms with Crippen LogP contribution in [-0.2, 0) is 10.0 Å². The molecule has 3 rings (SSSR count). The molecule has 0 unspecified atom stereocenters. The van der Waals surface area contributed by atoms with Gasteiger partial charge in [0.2, 0.25) is 0 Å². The standard InChI is InChI=1S/C20H17N3O4S/c1-22(17-11-8-12-18(15-17)23(24)25)20(16-9-4-2-5-10-16)21-28(26,27)19-13-6-3-7-14-19/h2-15H,1H3/b21-20-. The summed E-state index contributed by atoms with van der Waals surface area (Å²) >= 11 is 0. The lowest BCUT2D eigenvalue weighted by Crippen LogP contribution is -2.28. The summed E-state index contributed by atoms with van der Waals surface area (Å²) in [4.78, 5) is 12.2. The molecule has 0 heterocycles. The van der Waals surface area contributed by atoms with Crippen LogP contribution < -0.4 is 4.90 Å². The highest BCUT2D eigenvalue weighted by Gasteiger charge is 2.20. The second kappa shape index (κ2) is 8.01. The normalized spacial score (nSPS) is 11.8. The lowest BCUT2D eigenvalue weighted by Gasteiger charge is -2.21. The molecule has 0 saturated carbocycles. The molecular formula is C20H17N3O4S. The summed E-state index contributed by atoms with van der Waals surface area (Å²) in [6.07, 6.45) is 0. The van der Waals surface area contributed by atoms with Crippen LogP contribution in [-0.4, -0.2) is 26.2 Å². The number of hydrogen-bond donors (Lipinski definition) is 0. The zero-order valence-electron chi connectivity index (χ0n) is 15.0. The van der Waals surface area contributed by atoms with Crippen molar-refractivity contribution in [2.45, 2.75) is 4.90 Å². The van der Waals surface area contributed by atoms with Gasteiger partial charge in [-0.2, -0.15) is 8.42 Å². The van der Waals surface area contributed by atoms with Crippen molar-refractivity contribution < 1.29 is 13.3 Å². The summed E-state index contributed by atoms with van der Waals surface area (Å²) in [5.74, 6) is 0.157. The maximum Gasteiger partial charge on any atom is 0.284 e. The van der Waals surface area contributed by atoms with Crippen molar-refractivity contribution in [1.29, 1.82) is 0 Å². The van der Waals surface area contributed by atoms with Crippen molar-refractivity contribution in [3.63, 3.8) is 0 Å². The second-order valence-electron chi connectivity index (χ2n) is 5.91. The number of anilines is 1. The third kappa shape index (κ3) is 4.24. The summed E-state index contributed by atoms with van der Waals surface area (Å²) in [5.41, 5.74) is 0.916.